The van der Waals surface area contributed by atoms with Gasteiger partial charge in [0.25, 0.3) is 0 Å². The number of aromatic nitrogens is 2. The van der Waals surface area contributed by atoms with Gasteiger partial charge in [-0.1, -0.05) is 11.8 Å². The SMILES string of the molecule is CC1(n2c(SCC(=O)O)nc3ccc(C#N)cc32)CC1. The molecule has 5 nitrogen and oxygen atoms in total. The maximum atomic E-state index is 10.8. The number of carboxylic acids is 1. The number of carboxylic acid groups (broad SMARTS) is 1. The number of nitrogens with zero attached hydrogens (tertiary/aromatic N) is 3. The Hall–Kier alpha value is -2.00. The number of benzene rings is 1. The van der Waals surface area contributed by atoms with E-state index in [0.717, 1.165) is 29.0 Å². The van der Waals surface area contributed by atoms with E-state index in [1.165, 1.54) is 11.8 Å². The van der Waals surface area contributed by atoms with Crippen molar-refractivity contribution in [2.24, 2.45) is 0 Å². The van der Waals surface area contributed by atoms with Crippen LogP contribution in [0, 0.1) is 11.3 Å². The first-order valence-electron chi connectivity index (χ1n) is 6.31. The van der Waals surface area contributed by atoms with Gasteiger partial charge in [-0.05, 0) is 38.0 Å². The largest absolute Gasteiger partial charge is 0.481 e. The van der Waals surface area contributed by atoms with Gasteiger partial charge in [0.1, 0.15) is 0 Å². The highest BCUT2D eigenvalue weighted by atomic mass is 32.2. The molecule has 0 bridgehead atoms. The van der Waals surface area contributed by atoms with Gasteiger partial charge in [-0.2, -0.15) is 5.26 Å². The fourth-order valence-electron chi connectivity index (χ4n) is 2.27. The molecule has 1 aromatic heterocycles. The minimum atomic E-state index is -0.854. The third-order valence-electron chi connectivity index (χ3n) is 3.59. The van der Waals surface area contributed by atoms with Crippen molar-refractivity contribution in [3.8, 4) is 6.07 Å². The van der Waals surface area contributed by atoms with Crippen molar-refractivity contribution in [1.82, 2.24) is 9.55 Å². The standard InChI is InChI=1S/C14H13N3O2S/c1-14(4-5-14)17-11-6-9(7-15)2-3-10(11)16-13(17)20-8-12(18)19/h2-3,6H,4-5,8H2,1H3,(H,18,19). The second-order valence-corrected chi connectivity index (χ2v) is 6.17. The Labute approximate surface area is 120 Å². The molecule has 1 aromatic carbocycles. The van der Waals surface area contributed by atoms with Crippen molar-refractivity contribution in [3.05, 3.63) is 23.8 Å². The predicted molar refractivity (Wildman–Crippen MR) is 75.7 cm³/mol. The first kappa shape index (κ1) is 13.0. The zero-order valence-electron chi connectivity index (χ0n) is 11.0. The minimum Gasteiger partial charge on any atom is -0.481 e. The molecule has 1 aliphatic carbocycles. The second kappa shape index (κ2) is 4.53. The lowest BCUT2D eigenvalue weighted by molar-refractivity contribution is -0.133. The lowest BCUT2D eigenvalue weighted by Gasteiger charge is -2.15. The fraction of sp³-hybridized carbons (Fsp3) is 0.357. The van der Waals surface area contributed by atoms with E-state index in [1.54, 1.807) is 6.07 Å². The average Bonchev–Trinajstić information content (AvgIpc) is 3.04. The topological polar surface area (TPSA) is 78.9 Å². The molecule has 1 saturated carbocycles. The van der Waals surface area contributed by atoms with Crippen molar-refractivity contribution >= 4 is 28.8 Å². The lowest BCUT2D eigenvalue weighted by Crippen LogP contribution is -2.14. The van der Waals surface area contributed by atoms with Gasteiger partial charge in [0.15, 0.2) is 5.16 Å². The molecule has 1 N–H and O–H groups in total. The first-order valence-corrected chi connectivity index (χ1v) is 7.30. The van der Waals surface area contributed by atoms with Crippen molar-refractivity contribution in [2.75, 3.05) is 5.75 Å². The number of nitriles is 1. The van der Waals surface area contributed by atoms with E-state index in [0.29, 0.717) is 5.56 Å². The van der Waals surface area contributed by atoms with Crippen LogP contribution in [0.25, 0.3) is 11.0 Å². The smallest absolute Gasteiger partial charge is 0.313 e. The van der Waals surface area contributed by atoms with E-state index >= 15 is 0 Å². The summed E-state index contributed by atoms with van der Waals surface area (Å²) in [6.45, 7) is 2.14. The number of hydrogen-bond donors (Lipinski definition) is 1. The Morgan fingerprint density at radius 1 is 1.60 bits per heavy atom. The Morgan fingerprint density at radius 3 is 2.95 bits per heavy atom. The molecule has 6 heteroatoms. The zero-order valence-corrected chi connectivity index (χ0v) is 11.8. The molecule has 2 aromatic rings. The summed E-state index contributed by atoms with van der Waals surface area (Å²) in [5.74, 6) is -0.864. The van der Waals surface area contributed by atoms with Crippen LogP contribution < -0.4 is 0 Å². The summed E-state index contributed by atoms with van der Waals surface area (Å²) < 4.78 is 2.09. The van der Waals surface area contributed by atoms with Gasteiger partial charge in [0, 0.05) is 5.54 Å². The highest BCUT2D eigenvalue weighted by molar-refractivity contribution is 7.99. The van der Waals surface area contributed by atoms with Gasteiger partial charge in [-0.3, -0.25) is 4.79 Å². The molecule has 20 heavy (non-hydrogen) atoms. The number of thioether (sulfide) groups is 1. The van der Waals surface area contributed by atoms with Crippen LogP contribution in [-0.2, 0) is 10.3 Å². The summed E-state index contributed by atoms with van der Waals surface area (Å²) in [6.07, 6.45) is 2.10. The molecule has 1 aliphatic rings. The highest BCUT2D eigenvalue weighted by Crippen LogP contribution is 2.47. The number of hydrogen-bond acceptors (Lipinski definition) is 4. The predicted octanol–water partition coefficient (Wildman–Crippen LogP) is 2.59. The molecule has 3 rings (SSSR count). The number of fused-ring (bicyclic) bond motifs is 1. The second-order valence-electron chi connectivity index (χ2n) is 5.22. The molecule has 0 amide bonds. The quantitative estimate of drug-likeness (QED) is 0.874. The van der Waals surface area contributed by atoms with E-state index in [-0.39, 0.29) is 11.3 Å². The van der Waals surface area contributed by atoms with Crippen LogP contribution in [0.2, 0.25) is 0 Å². The molecule has 0 radical (unpaired) electrons. The molecular formula is C14H13N3O2S. The highest BCUT2D eigenvalue weighted by Gasteiger charge is 2.42. The van der Waals surface area contributed by atoms with E-state index in [1.807, 2.05) is 12.1 Å². The first-order chi connectivity index (χ1) is 9.53. The number of carbonyl (C=O) groups is 1. The van der Waals surface area contributed by atoms with Crippen LogP contribution in [0.5, 0.6) is 0 Å². The number of rotatable bonds is 4. The summed E-state index contributed by atoms with van der Waals surface area (Å²) >= 11 is 1.23. The van der Waals surface area contributed by atoms with Gasteiger partial charge in [-0.15, -0.1) is 0 Å². The van der Waals surface area contributed by atoms with E-state index in [9.17, 15) is 4.79 Å². The zero-order chi connectivity index (χ0) is 14.3. The minimum absolute atomic E-state index is 0.00364. The molecule has 0 aliphatic heterocycles. The van der Waals surface area contributed by atoms with E-state index < -0.39 is 5.97 Å². The molecule has 1 fully saturated rings. The van der Waals surface area contributed by atoms with Crippen molar-refractivity contribution in [2.45, 2.75) is 30.5 Å². The Morgan fingerprint density at radius 2 is 2.35 bits per heavy atom. The van der Waals surface area contributed by atoms with Crippen LogP contribution in [0.15, 0.2) is 23.4 Å². The fourth-order valence-corrected chi connectivity index (χ4v) is 3.14. The van der Waals surface area contributed by atoms with Gasteiger partial charge in [0.2, 0.25) is 0 Å². The maximum Gasteiger partial charge on any atom is 0.313 e. The normalized spacial score (nSPS) is 16.0. The van der Waals surface area contributed by atoms with Crippen molar-refractivity contribution in [3.63, 3.8) is 0 Å². The molecule has 1 heterocycles. The summed E-state index contributed by atoms with van der Waals surface area (Å²) in [5, 5.41) is 18.6. The average molecular weight is 287 g/mol. The van der Waals surface area contributed by atoms with Crippen LogP contribution in [0.1, 0.15) is 25.3 Å². The molecule has 102 valence electrons. The van der Waals surface area contributed by atoms with E-state index in [4.69, 9.17) is 10.4 Å². The Kier molecular flexibility index (Phi) is 2.94. The van der Waals surface area contributed by atoms with Crippen molar-refractivity contribution in [1.29, 1.82) is 5.26 Å². The van der Waals surface area contributed by atoms with Gasteiger partial charge in [0.05, 0.1) is 28.4 Å². The molecule has 0 atom stereocenters. The monoisotopic (exact) mass is 287 g/mol. The lowest BCUT2D eigenvalue weighted by atomic mass is 10.2. The number of aliphatic carboxylic acids is 1. The molecule has 0 spiro atoms. The van der Waals surface area contributed by atoms with Gasteiger partial charge >= 0.3 is 5.97 Å². The van der Waals surface area contributed by atoms with Crippen molar-refractivity contribution < 1.29 is 9.90 Å². The summed E-state index contributed by atoms with van der Waals surface area (Å²) in [5.41, 5.74) is 2.32. The molecular weight excluding hydrogens is 274 g/mol. The third-order valence-corrected chi connectivity index (χ3v) is 4.51. The third kappa shape index (κ3) is 2.14. The summed E-state index contributed by atoms with van der Waals surface area (Å²) in [6, 6.07) is 7.52. The Balaban J connectivity index is 2.14. The molecule has 0 saturated heterocycles. The Bertz CT molecular complexity index is 741. The van der Waals surface area contributed by atoms with Gasteiger partial charge < -0.3 is 9.67 Å². The van der Waals surface area contributed by atoms with Crippen LogP contribution >= 0.6 is 11.8 Å². The summed E-state index contributed by atoms with van der Waals surface area (Å²) in [4.78, 5) is 15.3. The van der Waals surface area contributed by atoms with Crippen LogP contribution in [0.4, 0.5) is 0 Å². The molecule has 0 unspecified atom stereocenters. The number of imidazole rings is 1. The summed E-state index contributed by atoms with van der Waals surface area (Å²) in [7, 11) is 0. The van der Waals surface area contributed by atoms with E-state index in [2.05, 4.69) is 22.5 Å². The maximum absolute atomic E-state index is 10.8. The van der Waals surface area contributed by atoms with Crippen LogP contribution in [-0.4, -0.2) is 26.4 Å². The van der Waals surface area contributed by atoms with Gasteiger partial charge in [-0.25, -0.2) is 4.98 Å². The van der Waals surface area contributed by atoms with Crippen LogP contribution in [0.3, 0.4) is 0 Å².